The van der Waals surface area contributed by atoms with Gasteiger partial charge in [0, 0.05) is 0 Å². The highest BCUT2D eigenvalue weighted by Crippen LogP contribution is 2.06. The summed E-state index contributed by atoms with van der Waals surface area (Å²) in [5.41, 5.74) is 4.83. The van der Waals surface area contributed by atoms with Crippen molar-refractivity contribution >= 4 is 12.0 Å². The second kappa shape index (κ2) is 4.66. The maximum atomic E-state index is 10.6. The molecule has 5 N–H and O–H groups in total. The first-order valence-electron chi connectivity index (χ1n) is 3.83. The van der Waals surface area contributed by atoms with Crippen molar-refractivity contribution in [1.29, 1.82) is 0 Å². The van der Waals surface area contributed by atoms with Gasteiger partial charge in [-0.3, -0.25) is 4.79 Å². The molecule has 0 spiro atoms. The second-order valence-corrected chi connectivity index (χ2v) is 3.07. The third-order valence-electron chi connectivity index (χ3n) is 1.64. The molecule has 0 saturated heterocycles. The lowest BCUT2D eigenvalue weighted by Crippen LogP contribution is -2.51. The maximum absolute atomic E-state index is 10.6. The van der Waals surface area contributed by atoms with Crippen LogP contribution in [0, 0.1) is 5.92 Å². The normalized spacial score (nSPS) is 15.1. The largest absolute Gasteiger partial charge is 0.465 e. The predicted molar refractivity (Wildman–Crippen MR) is 45.0 cm³/mol. The topological polar surface area (TPSA) is 113 Å². The van der Waals surface area contributed by atoms with Gasteiger partial charge in [0.05, 0.1) is 6.04 Å². The van der Waals surface area contributed by atoms with Crippen LogP contribution in [0.2, 0.25) is 0 Å². The van der Waals surface area contributed by atoms with Crippen LogP contribution in [0.4, 0.5) is 4.79 Å². The van der Waals surface area contributed by atoms with E-state index < -0.39 is 24.1 Å². The molecule has 0 fully saturated rings. The third-order valence-corrected chi connectivity index (χ3v) is 1.64. The van der Waals surface area contributed by atoms with Crippen molar-refractivity contribution in [3.05, 3.63) is 0 Å². The van der Waals surface area contributed by atoms with Gasteiger partial charge in [0.1, 0.15) is 0 Å². The molecular formula is C7H14N2O4. The summed E-state index contributed by atoms with van der Waals surface area (Å²) in [4.78, 5) is 20.8. The van der Waals surface area contributed by atoms with Crippen LogP contribution in [0.1, 0.15) is 13.8 Å². The molecule has 6 heteroatoms. The van der Waals surface area contributed by atoms with Crippen molar-refractivity contribution in [3.8, 4) is 0 Å². The summed E-state index contributed by atoms with van der Waals surface area (Å²) in [5, 5.41) is 19.6. The standard InChI is InChI=1S/C7H14N2O4/c1-3(2)4(9-7(12)13)5(10)6(8)11/h3-5,9-10H,1-2H3,(H2,8,11)(H,12,13). The number of hydrogen-bond donors (Lipinski definition) is 4. The highest BCUT2D eigenvalue weighted by Gasteiger charge is 2.28. The van der Waals surface area contributed by atoms with E-state index in [4.69, 9.17) is 10.8 Å². The molecule has 2 atom stereocenters. The number of nitrogens with one attached hydrogen (secondary N) is 1. The van der Waals surface area contributed by atoms with E-state index in [0.29, 0.717) is 0 Å². The number of carboxylic acid groups (broad SMARTS) is 1. The fraction of sp³-hybridized carbons (Fsp3) is 0.714. The molecule has 0 aliphatic rings. The van der Waals surface area contributed by atoms with Gasteiger partial charge in [0.15, 0.2) is 6.10 Å². The van der Waals surface area contributed by atoms with Crippen LogP contribution < -0.4 is 11.1 Å². The van der Waals surface area contributed by atoms with Gasteiger partial charge >= 0.3 is 6.09 Å². The number of carbonyl (C=O) groups is 2. The summed E-state index contributed by atoms with van der Waals surface area (Å²) in [6.07, 6.45) is -2.78. The lowest BCUT2D eigenvalue weighted by molar-refractivity contribution is -0.127. The minimum absolute atomic E-state index is 0.210. The van der Waals surface area contributed by atoms with Crippen LogP contribution in [-0.2, 0) is 4.79 Å². The predicted octanol–water partition coefficient (Wildman–Crippen LogP) is -0.875. The monoisotopic (exact) mass is 190 g/mol. The number of rotatable bonds is 4. The minimum atomic E-state index is -1.49. The molecule has 0 saturated carbocycles. The molecule has 0 radical (unpaired) electrons. The summed E-state index contributed by atoms with van der Waals surface area (Å²) >= 11 is 0. The zero-order chi connectivity index (χ0) is 10.6. The average Bonchev–Trinajstić information content (AvgIpc) is 1.97. The summed E-state index contributed by atoms with van der Waals surface area (Å²) in [6, 6.07) is -0.866. The van der Waals surface area contributed by atoms with Crippen molar-refractivity contribution in [2.45, 2.75) is 26.0 Å². The number of carbonyl (C=O) groups excluding carboxylic acids is 1. The van der Waals surface area contributed by atoms with E-state index >= 15 is 0 Å². The van der Waals surface area contributed by atoms with Crippen LogP contribution in [0.25, 0.3) is 0 Å². The number of aliphatic hydroxyl groups excluding tert-OH is 1. The molecular weight excluding hydrogens is 176 g/mol. The quantitative estimate of drug-likeness (QED) is 0.461. The van der Waals surface area contributed by atoms with E-state index in [-0.39, 0.29) is 5.92 Å². The molecule has 2 unspecified atom stereocenters. The first kappa shape index (κ1) is 11.7. The summed E-state index contributed by atoms with van der Waals surface area (Å²) in [6.45, 7) is 3.35. The highest BCUT2D eigenvalue weighted by atomic mass is 16.4. The van der Waals surface area contributed by atoms with Crippen LogP contribution in [0.5, 0.6) is 0 Å². The van der Waals surface area contributed by atoms with Gasteiger partial charge in [-0.1, -0.05) is 13.8 Å². The van der Waals surface area contributed by atoms with E-state index in [1.807, 2.05) is 5.32 Å². The maximum Gasteiger partial charge on any atom is 0.404 e. The van der Waals surface area contributed by atoms with Crippen molar-refractivity contribution in [2.75, 3.05) is 0 Å². The van der Waals surface area contributed by atoms with Gasteiger partial charge < -0.3 is 21.3 Å². The van der Waals surface area contributed by atoms with Gasteiger partial charge in [-0.25, -0.2) is 4.79 Å². The highest BCUT2D eigenvalue weighted by molar-refractivity contribution is 5.80. The molecule has 0 aliphatic carbocycles. The Balaban J connectivity index is 4.41. The second-order valence-electron chi connectivity index (χ2n) is 3.07. The fourth-order valence-corrected chi connectivity index (χ4v) is 0.930. The molecule has 76 valence electrons. The Bertz CT molecular complexity index is 205. The summed E-state index contributed by atoms with van der Waals surface area (Å²) < 4.78 is 0. The molecule has 0 aromatic carbocycles. The van der Waals surface area contributed by atoms with E-state index in [1.54, 1.807) is 13.8 Å². The third kappa shape index (κ3) is 3.75. The van der Waals surface area contributed by atoms with Crippen molar-refractivity contribution in [2.24, 2.45) is 11.7 Å². The smallest absolute Gasteiger partial charge is 0.404 e. The van der Waals surface area contributed by atoms with Crippen molar-refractivity contribution < 1.29 is 19.8 Å². The van der Waals surface area contributed by atoms with Crippen molar-refractivity contribution in [1.82, 2.24) is 5.32 Å². The van der Waals surface area contributed by atoms with Gasteiger partial charge in [0.25, 0.3) is 0 Å². The van der Waals surface area contributed by atoms with Gasteiger partial charge in [-0.15, -0.1) is 0 Å². The molecule has 0 aliphatic heterocycles. The Hall–Kier alpha value is -1.30. The first-order chi connectivity index (χ1) is 5.86. The van der Waals surface area contributed by atoms with Crippen molar-refractivity contribution in [3.63, 3.8) is 0 Å². The molecule has 0 aromatic heterocycles. The fourth-order valence-electron chi connectivity index (χ4n) is 0.930. The molecule has 0 heterocycles. The molecule has 0 bridgehead atoms. The van der Waals surface area contributed by atoms with E-state index in [9.17, 15) is 14.7 Å². The van der Waals surface area contributed by atoms with E-state index in [2.05, 4.69) is 0 Å². The average molecular weight is 190 g/mol. The minimum Gasteiger partial charge on any atom is -0.465 e. The summed E-state index contributed by atoms with van der Waals surface area (Å²) in [5.74, 6) is -1.15. The number of primary amides is 1. The number of hydrogen-bond acceptors (Lipinski definition) is 3. The van der Waals surface area contributed by atoms with Gasteiger partial charge in [-0.05, 0) is 5.92 Å². The zero-order valence-electron chi connectivity index (χ0n) is 7.52. The molecule has 0 rings (SSSR count). The molecule has 13 heavy (non-hydrogen) atoms. The summed E-state index contributed by atoms with van der Waals surface area (Å²) in [7, 11) is 0. The SMILES string of the molecule is CC(C)C(NC(=O)O)C(O)C(N)=O. The van der Waals surface area contributed by atoms with Gasteiger partial charge in [-0.2, -0.15) is 0 Å². The van der Waals surface area contributed by atoms with Crippen LogP contribution in [0.3, 0.4) is 0 Å². The van der Waals surface area contributed by atoms with E-state index in [0.717, 1.165) is 0 Å². The van der Waals surface area contributed by atoms with Crippen LogP contribution >= 0.6 is 0 Å². The zero-order valence-corrected chi connectivity index (χ0v) is 7.52. The lowest BCUT2D eigenvalue weighted by Gasteiger charge is -2.23. The Morgan fingerprint density at radius 1 is 1.38 bits per heavy atom. The number of nitrogens with two attached hydrogens (primary N) is 1. The Kier molecular flexibility index (Phi) is 4.19. The van der Waals surface area contributed by atoms with E-state index in [1.165, 1.54) is 0 Å². The number of aliphatic hydroxyl groups is 1. The first-order valence-corrected chi connectivity index (χ1v) is 3.83. The molecule has 2 amide bonds. The Morgan fingerprint density at radius 2 is 1.85 bits per heavy atom. The lowest BCUT2D eigenvalue weighted by atomic mass is 9.98. The Labute approximate surface area is 75.7 Å². The van der Waals surface area contributed by atoms with Gasteiger partial charge in [0.2, 0.25) is 5.91 Å². The number of amides is 2. The van der Waals surface area contributed by atoms with Crippen LogP contribution in [0.15, 0.2) is 0 Å². The van der Waals surface area contributed by atoms with Crippen LogP contribution in [-0.4, -0.2) is 34.4 Å². The molecule has 0 aromatic rings. The molecule has 6 nitrogen and oxygen atoms in total. The Morgan fingerprint density at radius 3 is 2.08 bits per heavy atom.